The molecule has 138 valence electrons. The van der Waals surface area contributed by atoms with Gasteiger partial charge >= 0.3 is 6.18 Å². The van der Waals surface area contributed by atoms with E-state index in [2.05, 4.69) is 5.32 Å². The Morgan fingerprint density at radius 1 is 1.26 bits per heavy atom. The van der Waals surface area contributed by atoms with Gasteiger partial charge < -0.3 is 11.1 Å². The van der Waals surface area contributed by atoms with Crippen LogP contribution in [0.3, 0.4) is 0 Å². The lowest BCUT2D eigenvalue weighted by atomic mass is 9.84. The molecule has 2 aliphatic carbocycles. The van der Waals surface area contributed by atoms with Crippen molar-refractivity contribution in [2.24, 2.45) is 23.5 Å². The summed E-state index contributed by atoms with van der Waals surface area (Å²) in [5.41, 5.74) is 6.09. The van der Waals surface area contributed by atoms with Crippen LogP contribution in [0.4, 0.5) is 13.2 Å². The topological polar surface area (TPSA) is 58.4 Å². The number of alkyl halides is 3. The zero-order chi connectivity index (χ0) is 15.6. The Bertz CT molecular complexity index is 383. The molecule has 3 N–H and O–H groups in total. The summed E-state index contributed by atoms with van der Waals surface area (Å²) in [5.74, 6) is 0.756. The lowest BCUT2D eigenvalue weighted by Crippen LogP contribution is -2.45. The first-order valence-electron chi connectivity index (χ1n) is 7.56. The summed E-state index contributed by atoms with van der Waals surface area (Å²) in [7, 11) is 1.43. The van der Waals surface area contributed by atoms with Gasteiger partial charge in [-0.3, -0.25) is 9.69 Å². The van der Waals surface area contributed by atoms with E-state index in [0.29, 0.717) is 31.3 Å². The third kappa shape index (κ3) is 6.29. The predicted octanol–water partition coefficient (Wildman–Crippen LogP) is 2.20. The van der Waals surface area contributed by atoms with Gasteiger partial charge in [-0.25, -0.2) is 0 Å². The molecule has 2 rings (SSSR count). The second-order valence-corrected chi connectivity index (χ2v) is 6.43. The summed E-state index contributed by atoms with van der Waals surface area (Å²) >= 11 is 0. The molecular weight excluding hydrogens is 354 g/mol. The maximum atomic E-state index is 12.2. The Hall–Kier alpha value is -0.240. The smallest absolute Gasteiger partial charge is 0.356 e. The summed E-state index contributed by atoms with van der Waals surface area (Å²) in [6, 6.07) is -0.0448. The minimum Gasteiger partial charge on any atom is -0.356 e. The number of amides is 1. The Kier molecular flexibility index (Phi) is 9.20. The standard InChI is InChI=1S/C14H24F3N3O.2ClH/c1-20(8-14(15,16)17)6-2-5-19-13(21)11-9-3-4-10(7-9)12(11)18;;/h9-12H,2-8,18H2,1H3,(H,19,21);2*1H. The highest BCUT2D eigenvalue weighted by atomic mass is 35.5. The van der Waals surface area contributed by atoms with Gasteiger partial charge in [0.2, 0.25) is 5.91 Å². The largest absolute Gasteiger partial charge is 0.401 e. The molecule has 2 aliphatic rings. The van der Waals surface area contributed by atoms with Crippen molar-refractivity contribution >= 4 is 30.7 Å². The highest BCUT2D eigenvalue weighted by molar-refractivity contribution is 5.85. The molecule has 4 nitrogen and oxygen atoms in total. The van der Waals surface area contributed by atoms with Crippen molar-refractivity contribution in [3.63, 3.8) is 0 Å². The Labute approximate surface area is 147 Å². The van der Waals surface area contributed by atoms with Gasteiger partial charge in [0.05, 0.1) is 12.5 Å². The molecule has 0 heterocycles. The number of nitrogens with one attached hydrogen (secondary N) is 1. The number of fused-ring (bicyclic) bond motifs is 2. The molecule has 2 saturated carbocycles. The molecular formula is C14H26Cl2F3N3O. The molecule has 23 heavy (non-hydrogen) atoms. The summed E-state index contributed by atoms with van der Waals surface area (Å²) in [6.45, 7) is -0.206. The Balaban J connectivity index is 0.00000242. The highest BCUT2D eigenvalue weighted by Gasteiger charge is 2.48. The fourth-order valence-corrected chi connectivity index (χ4v) is 3.79. The number of carbonyl (C=O) groups is 1. The first-order chi connectivity index (χ1) is 9.78. The lowest BCUT2D eigenvalue weighted by molar-refractivity contribution is -0.143. The van der Waals surface area contributed by atoms with Crippen molar-refractivity contribution in [2.45, 2.75) is 37.9 Å². The minimum atomic E-state index is -4.17. The van der Waals surface area contributed by atoms with E-state index >= 15 is 0 Å². The molecule has 0 spiro atoms. The quantitative estimate of drug-likeness (QED) is 0.695. The average molecular weight is 380 g/mol. The number of hydrogen-bond donors (Lipinski definition) is 2. The molecule has 9 heteroatoms. The number of carbonyl (C=O) groups excluding carboxylic acids is 1. The molecule has 2 bridgehead atoms. The molecule has 2 fully saturated rings. The fraction of sp³-hybridized carbons (Fsp3) is 0.929. The van der Waals surface area contributed by atoms with Gasteiger partial charge in [-0.2, -0.15) is 13.2 Å². The van der Waals surface area contributed by atoms with Crippen LogP contribution in [0.5, 0.6) is 0 Å². The van der Waals surface area contributed by atoms with Gasteiger partial charge in [0, 0.05) is 12.6 Å². The summed E-state index contributed by atoms with van der Waals surface area (Å²) in [5, 5.41) is 2.83. The van der Waals surface area contributed by atoms with Crippen LogP contribution in [-0.4, -0.2) is 49.7 Å². The van der Waals surface area contributed by atoms with Crippen LogP contribution in [0.2, 0.25) is 0 Å². The third-order valence-corrected chi connectivity index (χ3v) is 4.75. The van der Waals surface area contributed by atoms with Crippen LogP contribution in [-0.2, 0) is 4.79 Å². The fourth-order valence-electron chi connectivity index (χ4n) is 3.79. The van der Waals surface area contributed by atoms with E-state index in [1.807, 2.05) is 0 Å². The van der Waals surface area contributed by atoms with Gasteiger partial charge in [-0.1, -0.05) is 0 Å². The summed E-state index contributed by atoms with van der Waals surface area (Å²) < 4.78 is 36.5. The maximum Gasteiger partial charge on any atom is 0.401 e. The van der Waals surface area contributed by atoms with Crippen LogP contribution in [0.1, 0.15) is 25.7 Å². The highest BCUT2D eigenvalue weighted by Crippen LogP contribution is 2.47. The van der Waals surface area contributed by atoms with E-state index in [0.717, 1.165) is 19.3 Å². The van der Waals surface area contributed by atoms with Crippen LogP contribution in [0.15, 0.2) is 0 Å². The van der Waals surface area contributed by atoms with Crippen LogP contribution in [0.25, 0.3) is 0 Å². The van der Waals surface area contributed by atoms with Gasteiger partial charge in [0.15, 0.2) is 0 Å². The zero-order valence-electron chi connectivity index (χ0n) is 13.1. The number of hydrogen-bond acceptors (Lipinski definition) is 3. The molecule has 4 unspecified atom stereocenters. The van der Waals surface area contributed by atoms with Crippen LogP contribution >= 0.6 is 24.8 Å². The second-order valence-electron chi connectivity index (χ2n) is 6.43. The van der Waals surface area contributed by atoms with E-state index in [9.17, 15) is 18.0 Å². The molecule has 0 aromatic rings. The van der Waals surface area contributed by atoms with Crippen molar-refractivity contribution in [1.82, 2.24) is 10.2 Å². The van der Waals surface area contributed by atoms with Crippen LogP contribution < -0.4 is 11.1 Å². The minimum absolute atomic E-state index is 0. The van der Waals surface area contributed by atoms with Crippen molar-refractivity contribution in [1.29, 1.82) is 0 Å². The lowest BCUT2D eigenvalue weighted by Gasteiger charge is -2.27. The van der Waals surface area contributed by atoms with Crippen LogP contribution in [0, 0.1) is 17.8 Å². The van der Waals surface area contributed by atoms with Crippen molar-refractivity contribution < 1.29 is 18.0 Å². The first kappa shape index (κ1) is 22.8. The summed E-state index contributed by atoms with van der Waals surface area (Å²) in [4.78, 5) is 13.4. The number of rotatable bonds is 6. The molecule has 4 atom stereocenters. The summed E-state index contributed by atoms with van der Waals surface area (Å²) in [6.07, 6.45) is -0.418. The predicted molar refractivity (Wildman–Crippen MR) is 88.0 cm³/mol. The van der Waals surface area contributed by atoms with Crippen molar-refractivity contribution in [3.05, 3.63) is 0 Å². The van der Waals surface area contributed by atoms with E-state index in [1.54, 1.807) is 0 Å². The number of nitrogens with two attached hydrogens (primary N) is 1. The molecule has 0 aliphatic heterocycles. The van der Waals surface area contributed by atoms with E-state index in [4.69, 9.17) is 5.73 Å². The van der Waals surface area contributed by atoms with E-state index in [-0.39, 0.29) is 42.7 Å². The van der Waals surface area contributed by atoms with Crippen molar-refractivity contribution in [3.8, 4) is 0 Å². The van der Waals surface area contributed by atoms with Gasteiger partial charge in [-0.05, 0) is 51.1 Å². The zero-order valence-corrected chi connectivity index (χ0v) is 14.8. The molecule has 0 saturated heterocycles. The third-order valence-electron chi connectivity index (χ3n) is 4.75. The van der Waals surface area contributed by atoms with Gasteiger partial charge in [0.1, 0.15) is 0 Å². The number of nitrogens with zero attached hydrogens (tertiary/aromatic N) is 1. The average Bonchev–Trinajstić information content (AvgIpc) is 2.92. The van der Waals surface area contributed by atoms with Gasteiger partial charge in [-0.15, -0.1) is 24.8 Å². The first-order valence-corrected chi connectivity index (χ1v) is 7.56. The molecule has 1 amide bonds. The molecule has 0 radical (unpaired) electrons. The van der Waals surface area contributed by atoms with Crippen molar-refractivity contribution in [2.75, 3.05) is 26.7 Å². The molecule has 0 aromatic heterocycles. The SMILES string of the molecule is CN(CCCNC(=O)C1C2CCC(C2)C1N)CC(F)(F)F.Cl.Cl. The second kappa shape index (κ2) is 9.30. The maximum absolute atomic E-state index is 12.2. The Morgan fingerprint density at radius 3 is 2.39 bits per heavy atom. The van der Waals surface area contributed by atoms with E-state index < -0.39 is 12.7 Å². The van der Waals surface area contributed by atoms with Gasteiger partial charge in [0.25, 0.3) is 0 Å². The Morgan fingerprint density at radius 2 is 1.87 bits per heavy atom. The van der Waals surface area contributed by atoms with E-state index in [1.165, 1.54) is 11.9 Å². The molecule has 0 aromatic carbocycles. The normalized spacial score (nSPS) is 29.1. The monoisotopic (exact) mass is 379 g/mol. The number of halogens is 5.